The van der Waals surface area contributed by atoms with Gasteiger partial charge in [-0.3, -0.25) is 4.79 Å². The first-order valence-electron chi connectivity index (χ1n) is 6.44. The molecule has 2 aromatic carbocycles. The molecule has 6 heteroatoms. The molecule has 0 unspecified atom stereocenters. The minimum atomic E-state index is -0.648. The predicted molar refractivity (Wildman–Crippen MR) is 89.2 cm³/mol. The molecule has 2 aromatic rings. The van der Waals surface area contributed by atoms with Crippen LogP contribution in [0.2, 0.25) is 5.02 Å². The summed E-state index contributed by atoms with van der Waals surface area (Å²) < 4.78 is 5.67. The summed E-state index contributed by atoms with van der Waals surface area (Å²) in [5, 5.41) is 2.91. The van der Waals surface area contributed by atoms with Crippen LogP contribution in [-0.2, 0) is 9.53 Å². The Morgan fingerprint density at radius 1 is 1.18 bits per heavy atom. The fourth-order valence-corrected chi connectivity index (χ4v) is 2.25. The van der Waals surface area contributed by atoms with Gasteiger partial charge >= 0.3 is 5.97 Å². The third-order valence-corrected chi connectivity index (χ3v) is 3.64. The summed E-state index contributed by atoms with van der Waals surface area (Å²) in [6.07, 6.45) is 0. The molecule has 0 spiro atoms. The van der Waals surface area contributed by atoms with Crippen molar-refractivity contribution in [2.24, 2.45) is 0 Å². The van der Waals surface area contributed by atoms with Crippen molar-refractivity contribution in [2.75, 3.05) is 11.9 Å². The summed E-state index contributed by atoms with van der Waals surface area (Å²) in [5.74, 6) is -1.06. The highest BCUT2D eigenvalue weighted by molar-refractivity contribution is 9.10. The van der Waals surface area contributed by atoms with E-state index in [1.54, 1.807) is 30.3 Å². The Bertz CT molecular complexity index is 701. The number of aryl methyl sites for hydroxylation is 1. The van der Waals surface area contributed by atoms with Crippen molar-refractivity contribution in [2.45, 2.75) is 6.92 Å². The third kappa shape index (κ3) is 4.58. The van der Waals surface area contributed by atoms with Crippen molar-refractivity contribution < 1.29 is 14.3 Å². The molecular weight excluding hydrogens is 370 g/mol. The molecule has 0 atom stereocenters. The van der Waals surface area contributed by atoms with Crippen molar-refractivity contribution >= 4 is 45.1 Å². The smallest absolute Gasteiger partial charge is 0.340 e. The minimum absolute atomic E-state index is 0.208. The molecule has 2 rings (SSSR count). The Kier molecular flexibility index (Phi) is 5.57. The zero-order valence-electron chi connectivity index (χ0n) is 11.7. The van der Waals surface area contributed by atoms with Crippen LogP contribution in [0.5, 0.6) is 0 Å². The number of rotatable bonds is 4. The molecule has 1 amide bonds. The van der Waals surface area contributed by atoms with Crippen molar-refractivity contribution in [3.8, 4) is 0 Å². The van der Waals surface area contributed by atoms with Gasteiger partial charge in [-0.05, 0) is 37.3 Å². The second-order valence-electron chi connectivity index (χ2n) is 4.61. The van der Waals surface area contributed by atoms with Crippen LogP contribution in [0.4, 0.5) is 5.69 Å². The average molecular weight is 383 g/mol. The molecule has 0 aliphatic rings. The highest BCUT2D eigenvalue weighted by Crippen LogP contribution is 2.21. The number of benzene rings is 2. The van der Waals surface area contributed by atoms with Crippen LogP contribution >= 0.6 is 27.5 Å². The summed E-state index contributed by atoms with van der Waals surface area (Å²) >= 11 is 9.18. The molecule has 1 N–H and O–H groups in total. The molecule has 0 saturated heterocycles. The third-order valence-electron chi connectivity index (χ3n) is 2.82. The molecule has 0 saturated carbocycles. The summed E-state index contributed by atoms with van der Waals surface area (Å²) in [6, 6.07) is 12.1. The van der Waals surface area contributed by atoms with E-state index in [1.165, 1.54) is 0 Å². The standard InChI is InChI=1S/C16H13BrClNO3/c1-10-2-5-12(6-3-10)19-15(20)9-22-16(21)13-8-11(17)4-7-14(13)18/h2-8H,9H2,1H3,(H,19,20). The van der Waals surface area contributed by atoms with Crippen LogP contribution in [0.25, 0.3) is 0 Å². The van der Waals surface area contributed by atoms with Gasteiger partial charge in [-0.15, -0.1) is 0 Å². The lowest BCUT2D eigenvalue weighted by molar-refractivity contribution is -0.119. The lowest BCUT2D eigenvalue weighted by Gasteiger charge is -2.08. The normalized spacial score (nSPS) is 10.1. The van der Waals surface area contributed by atoms with Crippen LogP contribution in [0, 0.1) is 6.92 Å². The number of carbonyl (C=O) groups excluding carboxylic acids is 2. The van der Waals surface area contributed by atoms with Gasteiger partial charge in [-0.1, -0.05) is 45.2 Å². The number of amides is 1. The molecule has 4 nitrogen and oxygen atoms in total. The zero-order chi connectivity index (χ0) is 16.1. The van der Waals surface area contributed by atoms with E-state index in [9.17, 15) is 9.59 Å². The molecule has 0 heterocycles. The van der Waals surface area contributed by atoms with Crippen molar-refractivity contribution in [3.63, 3.8) is 0 Å². The molecule has 22 heavy (non-hydrogen) atoms. The van der Waals surface area contributed by atoms with Gasteiger partial charge in [0.1, 0.15) is 0 Å². The average Bonchev–Trinajstić information content (AvgIpc) is 2.49. The highest BCUT2D eigenvalue weighted by Gasteiger charge is 2.14. The maximum atomic E-state index is 11.9. The lowest BCUT2D eigenvalue weighted by atomic mass is 10.2. The highest BCUT2D eigenvalue weighted by atomic mass is 79.9. The van der Waals surface area contributed by atoms with Gasteiger partial charge in [0.2, 0.25) is 0 Å². The molecule has 0 radical (unpaired) electrons. The van der Waals surface area contributed by atoms with Crippen LogP contribution in [0.3, 0.4) is 0 Å². The van der Waals surface area contributed by atoms with Gasteiger partial charge in [-0.2, -0.15) is 0 Å². The van der Waals surface area contributed by atoms with E-state index in [-0.39, 0.29) is 17.2 Å². The predicted octanol–water partition coefficient (Wildman–Crippen LogP) is 4.21. The zero-order valence-corrected chi connectivity index (χ0v) is 14.1. The molecule has 0 bridgehead atoms. The molecule has 0 aliphatic heterocycles. The second-order valence-corrected chi connectivity index (χ2v) is 5.94. The van der Waals surface area contributed by atoms with Gasteiger partial charge in [0, 0.05) is 10.2 Å². The minimum Gasteiger partial charge on any atom is -0.452 e. The first kappa shape index (κ1) is 16.5. The maximum Gasteiger partial charge on any atom is 0.340 e. The van der Waals surface area contributed by atoms with E-state index in [0.717, 1.165) is 5.56 Å². The van der Waals surface area contributed by atoms with Gasteiger partial charge < -0.3 is 10.1 Å². The molecule has 0 aromatic heterocycles. The quantitative estimate of drug-likeness (QED) is 0.806. The largest absolute Gasteiger partial charge is 0.452 e. The lowest BCUT2D eigenvalue weighted by Crippen LogP contribution is -2.21. The number of anilines is 1. The van der Waals surface area contributed by atoms with Crippen molar-refractivity contribution in [1.82, 2.24) is 0 Å². The number of hydrogen-bond donors (Lipinski definition) is 1. The van der Waals surface area contributed by atoms with Gasteiger partial charge in [-0.25, -0.2) is 4.79 Å². The molecule has 0 fully saturated rings. The number of esters is 1. The topological polar surface area (TPSA) is 55.4 Å². The summed E-state index contributed by atoms with van der Waals surface area (Å²) in [5.41, 5.74) is 1.94. The van der Waals surface area contributed by atoms with E-state index in [2.05, 4.69) is 21.2 Å². The molecular formula is C16H13BrClNO3. The Balaban J connectivity index is 1.91. The Labute approximate surface area is 141 Å². The Morgan fingerprint density at radius 2 is 1.86 bits per heavy atom. The first-order valence-corrected chi connectivity index (χ1v) is 7.61. The van der Waals surface area contributed by atoms with E-state index in [1.807, 2.05) is 19.1 Å². The summed E-state index contributed by atoms with van der Waals surface area (Å²) in [7, 11) is 0. The van der Waals surface area contributed by atoms with E-state index < -0.39 is 11.9 Å². The fraction of sp³-hybridized carbons (Fsp3) is 0.125. The number of nitrogens with one attached hydrogen (secondary N) is 1. The van der Waals surface area contributed by atoms with Crippen LogP contribution in [0.15, 0.2) is 46.9 Å². The monoisotopic (exact) mass is 381 g/mol. The van der Waals surface area contributed by atoms with Crippen molar-refractivity contribution in [3.05, 3.63) is 63.1 Å². The first-order chi connectivity index (χ1) is 10.5. The number of carbonyl (C=O) groups is 2. The van der Waals surface area contributed by atoms with E-state index >= 15 is 0 Å². The molecule has 114 valence electrons. The SMILES string of the molecule is Cc1ccc(NC(=O)COC(=O)c2cc(Br)ccc2Cl)cc1. The van der Waals surface area contributed by atoms with E-state index in [0.29, 0.717) is 10.2 Å². The van der Waals surface area contributed by atoms with Gasteiger partial charge in [0.25, 0.3) is 5.91 Å². The second kappa shape index (κ2) is 7.42. The van der Waals surface area contributed by atoms with Crippen LogP contribution < -0.4 is 5.32 Å². The van der Waals surface area contributed by atoms with E-state index in [4.69, 9.17) is 16.3 Å². The van der Waals surface area contributed by atoms with Gasteiger partial charge in [0.15, 0.2) is 6.61 Å². The fourth-order valence-electron chi connectivity index (χ4n) is 1.70. The Morgan fingerprint density at radius 3 is 2.55 bits per heavy atom. The maximum absolute atomic E-state index is 11.9. The molecule has 0 aliphatic carbocycles. The number of ether oxygens (including phenoxy) is 1. The van der Waals surface area contributed by atoms with Crippen LogP contribution in [-0.4, -0.2) is 18.5 Å². The van der Waals surface area contributed by atoms with Crippen LogP contribution in [0.1, 0.15) is 15.9 Å². The van der Waals surface area contributed by atoms with Crippen molar-refractivity contribution in [1.29, 1.82) is 0 Å². The number of halogens is 2. The van der Waals surface area contributed by atoms with Gasteiger partial charge in [0.05, 0.1) is 10.6 Å². The number of hydrogen-bond acceptors (Lipinski definition) is 3. The summed E-state index contributed by atoms with van der Waals surface area (Å²) in [4.78, 5) is 23.7. The Hall–Kier alpha value is -1.85. The summed E-state index contributed by atoms with van der Waals surface area (Å²) in [6.45, 7) is 1.57.